The molecule has 1 aliphatic heterocycles. The number of imide groups is 1. The Morgan fingerprint density at radius 2 is 1.84 bits per heavy atom. The Balaban J connectivity index is 1.50. The number of hydrogen-bond donors (Lipinski definition) is 1. The molecule has 0 spiro atoms. The zero-order valence-electron chi connectivity index (χ0n) is 14.7. The van der Waals surface area contributed by atoms with Gasteiger partial charge in [-0.2, -0.15) is 0 Å². The highest BCUT2D eigenvalue weighted by Gasteiger charge is 2.49. The van der Waals surface area contributed by atoms with Gasteiger partial charge in [-0.05, 0) is 31.9 Å². The summed E-state index contributed by atoms with van der Waals surface area (Å²) >= 11 is 1.69. The smallest absolute Gasteiger partial charge is 0.237 e. The second kappa shape index (κ2) is 6.50. The first-order chi connectivity index (χ1) is 12.1. The molecule has 6 heteroatoms. The van der Waals surface area contributed by atoms with Crippen molar-refractivity contribution in [3.8, 4) is 0 Å². The van der Waals surface area contributed by atoms with Gasteiger partial charge in [-0.1, -0.05) is 25.0 Å². The van der Waals surface area contributed by atoms with Crippen LogP contribution in [0.1, 0.15) is 43.7 Å². The predicted molar refractivity (Wildman–Crippen MR) is 97.1 cm³/mol. The monoisotopic (exact) mass is 358 g/mol. The Hall–Kier alpha value is -1.79. The molecule has 2 heterocycles. The normalized spacial score (nSPS) is 26.1. The van der Waals surface area contributed by atoms with E-state index in [9.17, 15) is 9.59 Å². The number of likely N-dealkylation sites (tertiary alicyclic amines) is 1. The van der Waals surface area contributed by atoms with Gasteiger partial charge in [0.1, 0.15) is 6.04 Å². The highest BCUT2D eigenvalue weighted by molar-refractivity contribution is 7.18. The predicted octanol–water partition coefficient (Wildman–Crippen LogP) is 2.00. The number of amides is 2. The molecule has 2 fully saturated rings. The second-order valence-electron chi connectivity index (χ2n) is 7.35. The summed E-state index contributed by atoms with van der Waals surface area (Å²) in [6.45, 7) is 2.55. The summed E-state index contributed by atoms with van der Waals surface area (Å²) < 4.78 is 1.18. The molecule has 0 radical (unpaired) electrons. The summed E-state index contributed by atoms with van der Waals surface area (Å²) in [5, 5.41) is 1.05. The van der Waals surface area contributed by atoms with E-state index in [0.29, 0.717) is 6.67 Å². The minimum atomic E-state index is -0.0631. The van der Waals surface area contributed by atoms with Crippen LogP contribution >= 0.6 is 11.3 Å². The van der Waals surface area contributed by atoms with Gasteiger partial charge in [0.05, 0.1) is 29.1 Å². The minimum Gasteiger partial charge on any atom is -0.312 e. The van der Waals surface area contributed by atoms with Crippen molar-refractivity contribution in [2.24, 2.45) is 11.8 Å². The third kappa shape index (κ3) is 2.87. The molecule has 2 aromatic rings. The number of quaternary nitrogens is 1. The van der Waals surface area contributed by atoms with Gasteiger partial charge >= 0.3 is 0 Å². The van der Waals surface area contributed by atoms with Crippen LogP contribution < -0.4 is 4.90 Å². The summed E-state index contributed by atoms with van der Waals surface area (Å²) in [7, 11) is 2.04. The fourth-order valence-corrected chi connectivity index (χ4v) is 5.17. The molecule has 2 amide bonds. The standard InChI is InChI=1S/C19H23N3O2S/c1-12(17-20-15-9-5-6-10-16(15)25-17)21(2)11-22-18(23)13-7-3-4-8-14(13)19(22)24/h5-6,9-10,12-14H,3-4,7-8,11H2,1-2H3/p+1/t12-,13-,14+/m1/s1. The van der Waals surface area contributed by atoms with Gasteiger partial charge in [0, 0.05) is 0 Å². The SMILES string of the molecule is C[C@H](c1nc2ccccc2s1)[NH+](C)CN1C(=O)[C@H]2CCCC[C@H]2C1=O. The molecule has 25 heavy (non-hydrogen) atoms. The first kappa shape index (κ1) is 16.7. The van der Waals surface area contributed by atoms with E-state index < -0.39 is 0 Å². The van der Waals surface area contributed by atoms with Crippen molar-refractivity contribution in [2.75, 3.05) is 13.7 Å². The Morgan fingerprint density at radius 3 is 2.48 bits per heavy atom. The Morgan fingerprint density at radius 1 is 1.20 bits per heavy atom. The molecule has 132 valence electrons. The fraction of sp³-hybridized carbons (Fsp3) is 0.526. The van der Waals surface area contributed by atoms with Crippen LogP contribution in [0.4, 0.5) is 0 Å². The van der Waals surface area contributed by atoms with Crippen molar-refractivity contribution in [1.29, 1.82) is 0 Å². The number of nitrogens with one attached hydrogen (secondary N) is 1. The van der Waals surface area contributed by atoms with E-state index in [2.05, 4.69) is 13.0 Å². The van der Waals surface area contributed by atoms with Crippen molar-refractivity contribution >= 4 is 33.4 Å². The molecule has 1 saturated carbocycles. The highest BCUT2D eigenvalue weighted by atomic mass is 32.1. The molecule has 0 bridgehead atoms. The fourth-order valence-electron chi connectivity index (χ4n) is 4.06. The average molecular weight is 358 g/mol. The average Bonchev–Trinajstić information content (AvgIpc) is 3.17. The van der Waals surface area contributed by atoms with Crippen molar-refractivity contribution in [1.82, 2.24) is 9.88 Å². The van der Waals surface area contributed by atoms with Crippen molar-refractivity contribution in [2.45, 2.75) is 38.6 Å². The third-order valence-corrected chi connectivity index (χ3v) is 6.98. The molecule has 1 aromatic carbocycles. The molecule has 5 nitrogen and oxygen atoms in total. The number of benzene rings is 1. The number of nitrogens with zero attached hydrogens (tertiary/aromatic N) is 2. The van der Waals surface area contributed by atoms with Crippen LogP contribution in [0.3, 0.4) is 0 Å². The number of rotatable bonds is 4. The maximum absolute atomic E-state index is 12.7. The largest absolute Gasteiger partial charge is 0.312 e. The molecule has 4 atom stereocenters. The molecule has 4 rings (SSSR count). The molecule has 1 aliphatic carbocycles. The van der Waals surface area contributed by atoms with Crippen LogP contribution in [0.2, 0.25) is 0 Å². The summed E-state index contributed by atoms with van der Waals surface area (Å²) in [4.78, 5) is 32.7. The molecule has 1 N–H and O–H groups in total. The van der Waals surface area contributed by atoms with E-state index in [1.165, 1.54) is 9.60 Å². The lowest BCUT2D eigenvalue weighted by atomic mass is 9.81. The zero-order valence-corrected chi connectivity index (χ0v) is 15.5. The van der Waals surface area contributed by atoms with Gasteiger partial charge in [-0.3, -0.25) is 9.59 Å². The van der Waals surface area contributed by atoms with Gasteiger partial charge < -0.3 is 4.90 Å². The number of thiazole rings is 1. The van der Waals surface area contributed by atoms with Gasteiger partial charge in [0.2, 0.25) is 11.8 Å². The number of carbonyl (C=O) groups is 2. The van der Waals surface area contributed by atoms with Crippen molar-refractivity contribution in [3.05, 3.63) is 29.3 Å². The maximum Gasteiger partial charge on any atom is 0.237 e. The molecular weight excluding hydrogens is 334 g/mol. The Bertz CT molecular complexity index is 761. The van der Waals surface area contributed by atoms with Crippen molar-refractivity contribution in [3.63, 3.8) is 0 Å². The van der Waals surface area contributed by atoms with Crippen LogP contribution in [0.15, 0.2) is 24.3 Å². The number of fused-ring (bicyclic) bond motifs is 2. The second-order valence-corrected chi connectivity index (χ2v) is 8.41. The minimum absolute atomic E-state index is 0.0468. The summed E-state index contributed by atoms with van der Waals surface area (Å²) in [5.41, 5.74) is 1.02. The van der Waals surface area contributed by atoms with Crippen molar-refractivity contribution < 1.29 is 14.5 Å². The number of para-hydroxylation sites is 1. The quantitative estimate of drug-likeness (QED) is 0.851. The number of hydrogen-bond acceptors (Lipinski definition) is 4. The summed E-state index contributed by atoms with van der Waals surface area (Å²) in [6.07, 6.45) is 3.88. The van der Waals surface area contributed by atoms with E-state index in [0.717, 1.165) is 41.1 Å². The van der Waals surface area contributed by atoms with E-state index in [-0.39, 0.29) is 29.7 Å². The topological polar surface area (TPSA) is 54.7 Å². The van der Waals surface area contributed by atoms with Crippen LogP contribution in [0.5, 0.6) is 0 Å². The van der Waals surface area contributed by atoms with E-state index in [4.69, 9.17) is 4.98 Å². The molecular formula is C19H24N3O2S+. The van der Waals surface area contributed by atoms with Gasteiger partial charge in [-0.15, -0.1) is 11.3 Å². The first-order valence-electron chi connectivity index (χ1n) is 9.09. The van der Waals surface area contributed by atoms with Crippen LogP contribution in [-0.4, -0.2) is 35.4 Å². The summed E-state index contributed by atoms with van der Waals surface area (Å²) in [6, 6.07) is 8.26. The first-order valence-corrected chi connectivity index (χ1v) is 9.91. The maximum atomic E-state index is 12.7. The lowest BCUT2D eigenvalue weighted by Crippen LogP contribution is -3.10. The lowest BCUT2D eigenvalue weighted by Gasteiger charge is -2.24. The van der Waals surface area contributed by atoms with E-state index in [1.54, 1.807) is 11.3 Å². The van der Waals surface area contributed by atoms with Gasteiger partial charge in [-0.25, -0.2) is 9.88 Å². The molecule has 1 unspecified atom stereocenters. The highest BCUT2D eigenvalue weighted by Crippen LogP contribution is 2.37. The van der Waals surface area contributed by atoms with Gasteiger partial charge in [0.15, 0.2) is 11.7 Å². The van der Waals surface area contributed by atoms with E-state index in [1.807, 2.05) is 25.2 Å². The summed E-state index contributed by atoms with van der Waals surface area (Å²) in [5.74, 6) is -0.0327. The Kier molecular flexibility index (Phi) is 4.33. The van der Waals surface area contributed by atoms with Crippen LogP contribution in [0, 0.1) is 11.8 Å². The van der Waals surface area contributed by atoms with Crippen LogP contribution in [0.25, 0.3) is 10.2 Å². The molecule has 1 saturated heterocycles. The van der Waals surface area contributed by atoms with E-state index >= 15 is 0 Å². The van der Waals surface area contributed by atoms with Crippen LogP contribution in [-0.2, 0) is 9.59 Å². The Labute approximate surface area is 151 Å². The molecule has 2 aliphatic rings. The number of aromatic nitrogens is 1. The zero-order chi connectivity index (χ0) is 17.6. The number of carbonyl (C=O) groups excluding carboxylic acids is 2. The third-order valence-electron chi connectivity index (χ3n) is 5.76. The molecule has 1 aromatic heterocycles. The van der Waals surface area contributed by atoms with Gasteiger partial charge in [0.25, 0.3) is 0 Å². The lowest BCUT2D eigenvalue weighted by molar-refractivity contribution is -0.917.